The van der Waals surface area contributed by atoms with E-state index in [0.717, 1.165) is 25.9 Å². The zero-order chi connectivity index (χ0) is 7.40. The molecular formula is C7H13NO2. The van der Waals surface area contributed by atoms with Gasteiger partial charge in [0.2, 0.25) is 5.91 Å². The predicted molar refractivity (Wildman–Crippen MR) is 37.4 cm³/mol. The van der Waals surface area contributed by atoms with Crippen LogP contribution in [0.15, 0.2) is 0 Å². The Morgan fingerprint density at radius 1 is 1.60 bits per heavy atom. The van der Waals surface area contributed by atoms with Gasteiger partial charge < -0.3 is 10.5 Å². The van der Waals surface area contributed by atoms with E-state index in [2.05, 4.69) is 0 Å². The molecule has 1 fully saturated rings. The van der Waals surface area contributed by atoms with Crippen molar-refractivity contribution < 1.29 is 9.53 Å². The maximum atomic E-state index is 10.4. The van der Waals surface area contributed by atoms with Gasteiger partial charge in [-0.3, -0.25) is 4.79 Å². The Kier molecular flexibility index (Phi) is 2.68. The summed E-state index contributed by atoms with van der Waals surface area (Å²) < 4.78 is 5.29. The zero-order valence-electron chi connectivity index (χ0n) is 6.01. The number of primary amides is 1. The summed E-state index contributed by atoms with van der Waals surface area (Å²) in [4.78, 5) is 10.4. The third-order valence-electron chi connectivity index (χ3n) is 1.70. The first kappa shape index (κ1) is 7.54. The maximum Gasteiger partial charge on any atom is 0.220 e. The Bertz CT molecular complexity index is 119. The molecule has 0 unspecified atom stereocenters. The van der Waals surface area contributed by atoms with Crippen LogP contribution >= 0.6 is 0 Å². The number of carbonyl (C=O) groups is 1. The lowest BCUT2D eigenvalue weighted by molar-refractivity contribution is -0.121. The highest BCUT2D eigenvalue weighted by Crippen LogP contribution is 2.14. The molecule has 3 heteroatoms. The molecule has 0 saturated carbocycles. The lowest BCUT2D eigenvalue weighted by atomic mass is 10.1. The van der Waals surface area contributed by atoms with Gasteiger partial charge in [0.15, 0.2) is 0 Å². The van der Waals surface area contributed by atoms with Crippen LogP contribution in [0.1, 0.15) is 25.7 Å². The Labute approximate surface area is 60.5 Å². The van der Waals surface area contributed by atoms with Crippen LogP contribution in [-0.2, 0) is 9.53 Å². The third-order valence-corrected chi connectivity index (χ3v) is 1.70. The molecule has 3 nitrogen and oxygen atoms in total. The van der Waals surface area contributed by atoms with E-state index >= 15 is 0 Å². The normalized spacial score (nSPS) is 26.2. The van der Waals surface area contributed by atoms with Crippen LogP contribution in [0.5, 0.6) is 0 Å². The highest BCUT2D eigenvalue weighted by molar-refractivity contribution is 5.74. The molecule has 0 bridgehead atoms. The van der Waals surface area contributed by atoms with Crippen molar-refractivity contribution in [2.75, 3.05) is 6.61 Å². The van der Waals surface area contributed by atoms with Gasteiger partial charge in [-0.1, -0.05) is 0 Å². The summed E-state index contributed by atoms with van der Waals surface area (Å²) in [6.45, 7) is 0.790. The molecule has 0 aromatic heterocycles. The summed E-state index contributed by atoms with van der Waals surface area (Å²) in [7, 11) is 0. The van der Waals surface area contributed by atoms with Crippen molar-refractivity contribution in [3.8, 4) is 0 Å². The van der Waals surface area contributed by atoms with E-state index < -0.39 is 0 Å². The second-order valence-corrected chi connectivity index (χ2v) is 2.66. The van der Waals surface area contributed by atoms with Gasteiger partial charge in [-0.2, -0.15) is 0 Å². The van der Waals surface area contributed by atoms with Crippen LogP contribution in [-0.4, -0.2) is 18.6 Å². The molecular weight excluding hydrogens is 130 g/mol. The minimum atomic E-state index is -0.257. The van der Waals surface area contributed by atoms with Crippen molar-refractivity contribution >= 4 is 5.91 Å². The second kappa shape index (κ2) is 3.56. The molecule has 0 aromatic rings. The molecule has 1 rings (SSSR count). The molecule has 2 N–H and O–H groups in total. The standard InChI is InChI=1S/C7H13NO2/c8-7(9)5-6-3-1-2-4-10-6/h6H,1-5H2,(H2,8,9)/t6-/m0/s1. The van der Waals surface area contributed by atoms with Crippen molar-refractivity contribution in [1.82, 2.24) is 0 Å². The van der Waals surface area contributed by atoms with Crippen LogP contribution in [0.4, 0.5) is 0 Å². The highest BCUT2D eigenvalue weighted by Gasteiger charge is 2.15. The molecule has 1 amide bonds. The second-order valence-electron chi connectivity index (χ2n) is 2.66. The van der Waals surface area contributed by atoms with Crippen LogP contribution in [0.3, 0.4) is 0 Å². The topological polar surface area (TPSA) is 52.3 Å². The molecule has 0 radical (unpaired) electrons. The Hall–Kier alpha value is -0.570. The van der Waals surface area contributed by atoms with Crippen molar-refractivity contribution in [3.05, 3.63) is 0 Å². The average Bonchev–Trinajstić information content (AvgIpc) is 1.88. The van der Waals surface area contributed by atoms with Crippen LogP contribution in [0.25, 0.3) is 0 Å². The van der Waals surface area contributed by atoms with E-state index in [9.17, 15) is 4.79 Å². The van der Waals surface area contributed by atoms with Crippen molar-refractivity contribution in [2.45, 2.75) is 31.8 Å². The van der Waals surface area contributed by atoms with E-state index in [1.807, 2.05) is 0 Å². The largest absolute Gasteiger partial charge is 0.378 e. The first-order valence-electron chi connectivity index (χ1n) is 3.69. The number of rotatable bonds is 2. The molecule has 58 valence electrons. The summed E-state index contributed by atoms with van der Waals surface area (Å²) >= 11 is 0. The smallest absolute Gasteiger partial charge is 0.220 e. The highest BCUT2D eigenvalue weighted by atomic mass is 16.5. The van der Waals surface area contributed by atoms with Crippen LogP contribution < -0.4 is 5.73 Å². The molecule has 1 atom stereocenters. The van der Waals surface area contributed by atoms with Crippen LogP contribution in [0.2, 0.25) is 0 Å². The Morgan fingerprint density at radius 2 is 2.40 bits per heavy atom. The fourth-order valence-electron chi connectivity index (χ4n) is 1.19. The van der Waals surface area contributed by atoms with Crippen molar-refractivity contribution in [2.24, 2.45) is 5.73 Å². The number of ether oxygens (including phenoxy) is 1. The van der Waals surface area contributed by atoms with Gasteiger partial charge in [-0.15, -0.1) is 0 Å². The Morgan fingerprint density at radius 3 is 2.90 bits per heavy atom. The summed E-state index contributed by atoms with van der Waals surface area (Å²) in [6, 6.07) is 0. The van der Waals surface area contributed by atoms with Gasteiger partial charge >= 0.3 is 0 Å². The van der Waals surface area contributed by atoms with E-state index in [-0.39, 0.29) is 12.0 Å². The monoisotopic (exact) mass is 143 g/mol. The number of amides is 1. The number of carbonyl (C=O) groups excluding carboxylic acids is 1. The van der Waals surface area contributed by atoms with E-state index in [1.165, 1.54) is 0 Å². The van der Waals surface area contributed by atoms with Gasteiger partial charge in [0.05, 0.1) is 12.5 Å². The zero-order valence-corrected chi connectivity index (χ0v) is 6.01. The number of hydrogen-bond donors (Lipinski definition) is 1. The van der Waals surface area contributed by atoms with Crippen molar-refractivity contribution in [1.29, 1.82) is 0 Å². The molecule has 1 aliphatic rings. The average molecular weight is 143 g/mol. The summed E-state index contributed by atoms with van der Waals surface area (Å²) in [5.41, 5.74) is 5.00. The fraction of sp³-hybridized carbons (Fsp3) is 0.857. The molecule has 10 heavy (non-hydrogen) atoms. The van der Waals surface area contributed by atoms with E-state index in [4.69, 9.17) is 10.5 Å². The first-order chi connectivity index (χ1) is 4.79. The number of hydrogen-bond acceptors (Lipinski definition) is 2. The maximum absolute atomic E-state index is 10.4. The minimum Gasteiger partial charge on any atom is -0.378 e. The fourth-order valence-corrected chi connectivity index (χ4v) is 1.19. The van der Waals surface area contributed by atoms with E-state index in [0.29, 0.717) is 6.42 Å². The summed E-state index contributed by atoms with van der Waals surface area (Å²) in [5.74, 6) is -0.257. The SMILES string of the molecule is NC(=O)C[C@@H]1CCCCO1. The molecule has 1 heterocycles. The molecule has 0 aromatic carbocycles. The van der Waals surface area contributed by atoms with Gasteiger partial charge in [0.25, 0.3) is 0 Å². The predicted octanol–water partition coefficient (Wildman–Crippen LogP) is 0.431. The van der Waals surface area contributed by atoms with Gasteiger partial charge in [-0.25, -0.2) is 0 Å². The molecule has 1 aliphatic heterocycles. The minimum absolute atomic E-state index is 0.103. The van der Waals surface area contributed by atoms with Gasteiger partial charge in [0, 0.05) is 6.61 Å². The lowest BCUT2D eigenvalue weighted by Gasteiger charge is -2.20. The molecule has 0 spiro atoms. The lowest BCUT2D eigenvalue weighted by Crippen LogP contribution is -2.25. The van der Waals surface area contributed by atoms with Gasteiger partial charge in [0.1, 0.15) is 0 Å². The van der Waals surface area contributed by atoms with Crippen LogP contribution in [0, 0.1) is 0 Å². The molecule has 1 saturated heterocycles. The van der Waals surface area contributed by atoms with E-state index in [1.54, 1.807) is 0 Å². The number of nitrogens with two attached hydrogens (primary N) is 1. The third kappa shape index (κ3) is 2.35. The Balaban J connectivity index is 2.19. The first-order valence-corrected chi connectivity index (χ1v) is 3.69. The van der Waals surface area contributed by atoms with Gasteiger partial charge in [-0.05, 0) is 19.3 Å². The quantitative estimate of drug-likeness (QED) is 0.609. The summed E-state index contributed by atoms with van der Waals surface area (Å²) in [6.07, 6.45) is 3.77. The summed E-state index contributed by atoms with van der Waals surface area (Å²) in [5, 5.41) is 0. The molecule has 0 aliphatic carbocycles. The van der Waals surface area contributed by atoms with Crippen molar-refractivity contribution in [3.63, 3.8) is 0 Å².